The first kappa shape index (κ1) is 20.3. The molecule has 0 unspecified atom stereocenters. The number of nitriles is 1. The van der Waals surface area contributed by atoms with Crippen LogP contribution in [0.25, 0.3) is 0 Å². The molecular formula is C18H14FN3O6. The summed E-state index contributed by atoms with van der Waals surface area (Å²) in [7, 11) is 1.31. The molecule has 1 N–H and O–H groups in total. The molecule has 0 radical (unpaired) electrons. The number of hydrogen-bond acceptors (Lipinski definition) is 7. The normalized spacial score (nSPS) is 9.89. The topological polar surface area (TPSA) is 132 Å². The molecule has 2 aromatic rings. The molecule has 28 heavy (non-hydrogen) atoms. The maximum absolute atomic E-state index is 13.6. The van der Waals surface area contributed by atoms with Crippen molar-refractivity contribution in [2.75, 3.05) is 19.0 Å². The second-order valence-corrected chi connectivity index (χ2v) is 5.45. The van der Waals surface area contributed by atoms with E-state index in [4.69, 9.17) is 14.7 Å². The van der Waals surface area contributed by atoms with Crippen LogP contribution in [0.1, 0.15) is 11.1 Å². The van der Waals surface area contributed by atoms with Crippen LogP contribution in [0.5, 0.6) is 5.75 Å². The zero-order chi connectivity index (χ0) is 20.7. The minimum Gasteiger partial charge on any atom is -0.494 e. The van der Waals surface area contributed by atoms with E-state index in [2.05, 4.69) is 5.32 Å². The fraction of sp³-hybridized carbons (Fsp3) is 0.167. The van der Waals surface area contributed by atoms with Gasteiger partial charge in [-0.1, -0.05) is 6.07 Å². The van der Waals surface area contributed by atoms with E-state index in [-0.39, 0.29) is 29.1 Å². The Kier molecular flexibility index (Phi) is 6.59. The number of rotatable bonds is 7. The molecule has 0 saturated heterocycles. The summed E-state index contributed by atoms with van der Waals surface area (Å²) in [5, 5.41) is 22.1. The summed E-state index contributed by atoms with van der Waals surface area (Å²) in [5.41, 5.74) is -0.0208. The third-order valence-electron chi connectivity index (χ3n) is 3.54. The van der Waals surface area contributed by atoms with Gasteiger partial charge in [0.15, 0.2) is 18.2 Å². The van der Waals surface area contributed by atoms with E-state index in [1.807, 2.05) is 0 Å². The lowest BCUT2D eigenvalue weighted by Crippen LogP contribution is -2.22. The number of nitro groups is 1. The van der Waals surface area contributed by atoms with Crippen LogP contribution in [0.3, 0.4) is 0 Å². The van der Waals surface area contributed by atoms with E-state index in [1.54, 1.807) is 6.07 Å². The summed E-state index contributed by atoms with van der Waals surface area (Å²) in [6.07, 6.45) is -0.255. The van der Waals surface area contributed by atoms with Gasteiger partial charge in [-0.05, 0) is 23.8 Å². The lowest BCUT2D eigenvalue weighted by Gasteiger charge is -2.08. The van der Waals surface area contributed by atoms with Crippen molar-refractivity contribution in [2.45, 2.75) is 6.42 Å². The number of non-ortho nitro benzene ring substituents is 1. The number of nitrogens with zero attached hydrogens (tertiary/aromatic N) is 2. The van der Waals surface area contributed by atoms with Gasteiger partial charge in [0.2, 0.25) is 0 Å². The Morgan fingerprint density at radius 1 is 1.29 bits per heavy atom. The number of esters is 1. The Morgan fingerprint density at radius 3 is 2.64 bits per heavy atom. The van der Waals surface area contributed by atoms with Gasteiger partial charge < -0.3 is 14.8 Å². The van der Waals surface area contributed by atoms with E-state index in [1.165, 1.54) is 25.3 Å². The molecule has 9 nitrogen and oxygen atoms in total. The second kappa shape index (κ2) is 9.09. The van der Waals surface area contributed by atoms with Gasteiger partial charge in [0.1, 0.15) is 6.07 Å². The highest BCUT2D eigenvalue weighted by atomic mass is 19.1. The molecule has 10 heteroatoms. The lowest BCUT2D eigenvalue weighted by molar-refractivity contribution is -0.384. The van der Waals surface area contributed by atoms with Crippen LogP contribution >= 0.6 is 0 Å². The van der Waals surface area contributed by atoms with Crippen molar-refractivity contribution in [3.8, 4) is 11.8 Å². The van der Waals surface area contributed by atoms with E-state index in [0.29, 0.717) is 5.56 Å². The smallest absolute Gasteiger partial charge is 0.310 e. The van der Waals surface area contributed by atoms with Gasteiger partial charge in [0.25, 0.3) is 11.6 Å². The maximum atomic E-state index is 13.6. The first-order chi connectivity index (χ1) is 13.3. The summed E-state index contributed by atoms with van der Waals surface area (Å²) in [6, 6.07) is 9.05. The number of nitrogens with one attached hydrogen (secondary N) is 1. The van der Waals surface area contributed by atoms with Crippen molar-refractivity contribution in [2.24, 2.45) is 0 Å². The Balaban J connectivity index is 1.92. The first-order valence-corrected chi connectivity index (χ1v) is 7.80. The van der Waals surface area contributed by atoms with Crippen LogP contribution in [0.15, 0.2) is 36.4 Å². The predicted molar refractivity (Wildman–Crippen MR) is 94.1 cm³/mol. The Morgan fingerprint density at radius 2 is 2.04 bits per heavy atom. The summed E-state index contributed by atoms with van der Waals surface area (Å²) < 4.78 is 23.2. The molecule has 0 spiro atoms. The molecule has 0 aromatic heterocycles. The SMILES string of the molecule is COc1ccc(CC(=O)OCC(=O)Nc2ccc([N+](=O)[O-])cc2C#N)cc1F. The lowest BCUT2D eigenvalue weighted by atomic mass is 10.1. The zero-order valence-corrected chi connectivity index (χ0v) is 14.6. The van der Waals surface area contributed by atoms with E-state index >= 15 is 0 Å². The number of nitro benzene ring substituents is 1. The molecule has 0 atom stereocenters. The number of amides is 1. The van der Waals surface area contributed by atoms with Crippen molar-refractivity contribution >= 4 is 23.3 Å². The molecule has 0 heterocycles. The third kappa shape index (κ3) is 5.25. The van der Waals surface area contributed by atoms with Crippen molar-refractivity contribution in [3.05, 3.63) is 63.5 Å². The van der Waals surface area contributed by atoms with Gasteiger partial charge in [-0.25, -0.2) is 4.39 Å². The van der Waals surface area contributed by atoms with Gasteiger partial charge in [-0.2, -0.15) is 5.26 Å². The van der Waals surface area contributed by atoms with E-state index in [0.717, 1.165) is 18.2 Å². The fourth-order valence-electron chi connectivity index (χ4n) is 2.22. The maximum Gasteiger partial charge on any atom is 0.310 e. The zero-order valence-electron chi connectivity index (χ0n) is 14.6. The predicted octanol–water partition coefficient (Wildman–Crippen LogP) is 2.34. The number of methoxy groups -OCH3 is 1. The summed E-state index contributed by atoms with van der Waals surface area (Å²) in [5.74, 6) is -2.09. The molecule has 144 valence electrons. The van der Waals surface area contributed by atoms with Gasteiger partial charge in [-0.3, -0.25) is 19.7 Å². The Labute approximate surface area is 158 Å². The van der Waals surface area contributed by atoms with Crippen molar-refractivity contribution in [3.63, 3.8) is 0 Å². The van der Waals surface area contributed by atoms with Gasteiger partial charge in [0.05, 0.1) is 29.7 Å². The molecule has 0 saturated carbocycles. The van der Waals surface area contributed by atoms with Crippen LogP contribution in [-0.2, 0) is 20.7 Å². The Hall–Kier alpha value is -4.00. The van der Waals surface area contributed by atoms with Crippen LogP contribution < -0.4 is 10.1 Å². The first-order valence-electron chi connectivity index (χ1n) is 7.80. The number of carbonyl (C=O) groups excluding carboxylic acids is 2. The number of ether oxygens (including phenoxy) is 2. The van der Waals surface area contributed by atoms with Crippen molar-refractivity contribution in [1.29, 1.82) is 5.26 Å². The number of anilines is 1. The number of halogens is 1. The molecular weight excluding hydrogens is 373 g/mol. The average molecular weight is 387 g/mol. The van der Waals surface area contributed by atoms with E-state index < -0.39 is 29.2 Å². The number of carbonyl (C=O) groups is 2. The molecule has 1 amide bonds. The summed E-state index contributed by atoms with van der Waals surface area (Å²) >= 11 is 0. The third-order valence-corrected chi connectivity index (χ3v) is 3.54. The fourth-order valence-corrected chi connectivity index (χ4v) is 2.22. The largest absolute Gasteiger partial charge is 0.494 e. The number of benzene rings is 2. The Bertz CT molecular complexity index is 970. The standard InChI is InChI=1S/C18H14FN3O6/c1-27-16-5-2-11(6-14(16)19)7-18(24)28-10-17(23)21-15-4-3-13(22(25)26)8-12(15)9-20/h2-6,8H,7,10H2,1H3,(H,21,23). The van der Waals surface area contributed by atoms with Crippen molar-refractivity contribution < 1.29 is 28.4 Å². The van der Waals surface area contributed by atoms with E-state index in [9.17, 15) is 24.1 Å². The van der Waals surface area contributed by atoms with Crippen LogP contribution in [0, 0.1) is 27.3 Å². The molecule has 2 rings (SSSR count). The van der Waals surface area contributed by atoms with Crippen LogP contribution in [-0.4, -0.2) is 30.5 Å². The molecule has 0 bridgehead atoms. The minimum absolute atomic E-state index is 0.0351. The molecule has 0 aliphatic carbocycles. The second-order valence-electron chi connectivity index (χ2n) is 5.45. The van der Waals surface area contributed by atoms with Crippen molar-refractivity contribution in [1.82, 2.24) is 0 Å². The van der Waals surface area contributed by atoms with Crippen LogP contribution in [0.2, 0.25) is 0 Å². The van der Waals surface area contributed by atoms with Gasteiger partial charge in [-0.15, -0.1) is 0 Å². The molecule has 0 aliphatic rings. The quantitative estimate of drug-likeness (QED) is 0.438. The highest BCUT2D eigenvalue weighted by Gasteiger charge is 2.14. The molecule has 2 aromatic carbocycles. The van der Waals surface area contributed by atoms with Gasteiger partial charge >= 0.3 is 5.97 Å². The number of hydrogen-bond donors (Lipinski definition) is 1. The summed E-state index contributed by atoms with van der Waals surface area (Å²) in [6.45, 7) is -0.640. The highest BCUT2D eigenvalue weighted by Crippen LogP contribution is 2.21. The molecule has 0 fully saturated rings. The summed E-state index contributed by atoms with van der Waals surface area (Å²) in [4.78, 5) is 33.7. The average Bonchev–Trinajstić information content (AvgIpc) is 2.66. The minimum atomic E-state index is -0.760. The van der Waals surface area contributed by atoms with Gasteiger partial charge in [0, 0.05) is 12.1 Å². The highest BCUT2D eigenvalue weighted by molar-refractivity contribution is 5.94. The monoisotopic (exact) mass is 387 g/mol. The molecule has 0 aliphatic heterocycles. The van der Waals surface area contributed by atoms with Crippen LogP contribution in [0.4, 0.5) is 15.8 Å².